The highest BCUT2D eigenvalue weighted by Crippen LogP contribution is 2.24. The molecule has 2 amide bonds. The van der Waals surface area contributed by atoms with E-state index in [1.54, 1.807) is 23.5 Å². The van der Waals surface area contributed by atoms with E-state index in [2.05, 4.69) is 10.6 Å². The molecule has 1 aromatic heterocycles. The summed E-state index contributed by atoms with van der Waals surface area (Å²) in [5.41, 5.74) is 3.57. The lowest BCUT2D eigenvalue weighted by atomic mass is 10.00. The van der Waals surface area contributed by atoms with E-state index in [0.29, 0.717) is 18.4 Å². The number of anilines is 1. The van der Waals surface area contributed by atoms with Crippen LogP contribution in [-0.4, -0.2) is 11.8 Å². The predicted octanol–water partition coefficient (Wildman–Crippen LogP) is 3.12. The van der Waals surface area contributed by atoms with Gasteiger partial charge in [0.15, 0.2) is 0 Å². The first kappa shape index (κ1) is 13.8. The highest BCUT2D eigenvalue weighted by Gasteiger charge is 2.17. The Labute approximate surface area is 127 Å². The van der Waals surface area contributed by atoms with Crippen LogP contribution in [0.5, 0.6) is 0 Å². The van der Waals surface area contributed by atoms with Gasteiger partial charge in [0.2, 0.25) is 5.91 Å². The second-order valence-electron chi connectivity index (χ2n) is 5.17. The molecule has 1 aliphatic heterocycles. The van der Waals surface area contributed by atoms with Crippen LogP contribution < -0.4 is 10.6 Å². The van der Waals surface area contributed by atoms with Gasteiger partial charge in [-0.15, -0.1) is 0 Å². The highest BCUT2D eigenvalue weighted by molar-refractivity contribution is 7.07. The smallest absolute Gasteiger partial charge is 0.251 e. The van der Waals surface area contributed by atoms with E-state index in [0.717, 1.165) is 16.8 Å². The summed E-state index contributed by atoms with van der Waals surface area (Å²) >= 11 is 1.62. The number of carbonyl (C=O) groups is 2. The van der Waals surface area contributed by atoms with Crippen molar-refractivity contribution in [1.29, 1.82) is 0 Å². The Bertz CT molecular complexity index is 680. The maximum Gasteiger partial charge on any atom is 0.251 e. The minimum Gasteiger partial charge on any atom is -0.345 e. The Balaban J connectivity index is 1.75. The van der Waals surface area contributed by atoms with Gasteiger partial charge in [-0.3, -0.25) is 9.59 Å². The standard InChI is InChI=1S/C16H16N2O2S/c1-10(13-6-7-21-9-13)17-16(20)12-2-4-14-11(8-12)3-5-15(19)18-14/h2,4,6-10H,3,5H2,1H3,(H,17,20)(H,18,19). The molecule has 2 heterocycles. The molecule has 0 bridgehead atoms. The molecule has 1 atom stereocenters. The molecule has 1 unspecified atom stereocenters. The molecule has 0 spiro atoms. The SMILES string of the molecule is CC(NC(=O)c1ccc2c(c1)CCC(=O)N2)c1ccsc1. The van der Waals surface area contributed by atoms with E-state index in [1.165, 1.54) is 0 Å². The third-order valence-corrected chi connectivity index (χ3v) is 4.36. The number of nitrogens with one attached hydrogen (secondary N) is 2. The molecule has 2 aromatic rings. The number of fused-ring (bicyclic) bond motifs is 1. The Morgan fingerprint density at radius 2 is 2.19 bits per heavy atom. The van der Waals surface area contributed by atoms with Gasteiger partial charge in [-0.2, -0.15) is 11.3 Å². The lowest BCUT2D eigenvalue weighted by Gasteiger charge is -2.18. The number of hydrogen-bond acceptors (Lipinski definition) is 3. The summed E-state index contributed by atoms with van der Waals surface area (Å²) < 4.78 is 0. The monoisotopic (exact) mass is 300 g/mol. The van der Waals surface area contributed by atoms with E-state index in [1.807, 2.05) is 29.8 Å². The van der Waals surface area contributed by atoms with E-state index in [9.17, 15) is 9.59 Å². The summed E-state index contributed by atoms with van der Waals surface area (Å²) in [5, 5.41) is 9.85. The van der Waals surface area contributed by atoms with Crippen molar-refractivity contribution >= 4 is 28.8 Å². The molecule has 108 valence electrons. The van der Waals surface area contributed by atoms with Crippen molar-refractivity contribution in [2.24, 2.45) is 0 Å². The maximum absolute atomic E-state index is 12.3. The van der Waals surface area contributed by atoms with Gasteiger partial charge in [-0.05, 0) is 59.5 Å². The van der Waals surface area contributed by atoms with Crippen LogP contribution in [0.25, 0.3) is 0 Å². The molecule has 0 fully saturated rings. The Morgan fingerprint density at radius 1 is 1.33 bits per heavy atom. The second kappa shape index (κ2) is 5.69. The van der Waals surface area contributed by atoms with Crippen molar-refractivity contribution in [1.82, 2.24) is 5.32 Å². The number of benzene rings is 1. The fourth-order valence-corrected chi connectivity index (χ4v) is 3.16. The zero-order valence-corrected chi connectivity index (χ0v) is 12.5. The van der Waals surface area contributed by atoms with Gasteiger partial charge in [-0.25, -0.2) is 0 Å². The van der Waals surface area contributed by atoms with Crippen LogP contribution in [-0.2, 0) is 11.2 Å². The second-order valence-corrected chi connectivity index (χ2v) is 5.95. The van der Waals surface area contributed by atoms with Crippen molar-refractivity contribution in [3.05, 3.63) is 51.7 Å². The van der Waals surface area contributed by atoms with Gasteiger partial charge in [0.1, 0.15) is 0 Å². The normalized spacial score (nSPS) is 15.0. The Morgan fingerprint density at radius 3 is 2.95 bits per heavy atom. The molecule has 21 heavy (non-hydrogen) atoms. The van der Waals surface area contributed by atoms with Crippen LogP contribution in [0, 0.1) is 0 Å². The van der Waals surface area contributed by atoms with E-state index in [4.69, 9.17) is 0 Å². The van der Waals surface area contributed by atoms with E-state index in [-0.39, 0.29) is 17.9 Å². The topological polar surface area (TPSA) is 58.2 Å². The van der Waals surface area contributed by atoms with Gasteiger partial charge >= 0.3 is 0 Å². The molecule has 0 aliphatic carbocycles. The summed E-state index contributed by atoms with van der Waals surface area (Å²) in [6.07, 6.45) is 1.16. The summed E-state index contributed by atoms with van der Waals surface area (Å²) in [6, 6.07) is 7.42. The summed E-state index contributed by atoms with van der Waals surface area (Å²) in [5.74, 6) is -0.0563. The van der Waals surface area contributed by atoms with E-state index >= 15 is 0 Å². The molecular formula is C16H16N2O2S. The number of thiophene rings is 1. The van der Waals surface area contributed by atoms with Gasteiger partial charge in [0, 0.05) is 17.7 Å². The third-order valence-electron chi connectivity index (χ3n) is 3.65. The first-order valence-electron chi connectivity index (χ1n) is 6.89. The van der Waals surface area contributed by atoms with Crippen LogP contribution in [0.4, 0.5) is 5.69 Å². The van der Waals surface area contributed by atoms with Crippen LogP contribution in [0.1, 0.15) is 40.9 Å². The maximum atomic E-state index is 12.3. The average molecular weight is 300 g/mol. The third kappa shape index (κ3) is 2.97. The lowest BCUT2D eigenvalue weighted by Crippen LogP contribution is -2.27. The fraction of sp³-hybridized carbons (Fsp3) is 0.250. The fourth-order valence-electron chi connectivity index (χ4n) is 2.41. The van der Waals surface area contributed by atoms with Crippen molar-refractivity contribution in [2.75, 3.05) is 5.32 Å². The Kier molecular flexibility index (Phi) is 3.75. The molecule has 0 saturated heterocycles. The molecule has 3 rings (SSSR count). The van der Waals surface area contributed by atoms with Crippen LogP contribution >= 0.6 is 11.3 Å². The molecule has 2 N–H and O–H groups in total. The summed E-state index contributed by atoms with van der Waals surface area (Å²) in [7, 11) is 0. The zero-order valence-electron chi connectivity index (χ0n) is 11.7. The molecule has 1 aliphatic rings. The van der Waals surface area contributed by atoms with Gasteiger partial charge in [0.05, 0.1) is 6.04 Å². The lowest BCUT2D eigenvalue weighted by molar-refractivity contribution is -0.116. The minimum atomic E-state index is -0.0894. The Hall–Kier alpha value is -2.14. The molecule has 1 aromatic carbocycles. The largest absolute Gasteiger partial charge is 0.345 e. The van der Waals surface area contributed by atoms with Crippen LogP contribution in [0.15, 0.2) is 35.0 Å². The number of aryl methyl sites for hydroxylation is 1. The van der Waals surface area contributed by atoms with Gasteiger partial charge < -0.3 is 10.6 Å². The van der Waals surface area contributed by atoms with Gasteiger partial charge in [0.25, 0.3) is 5.91 Å². The van der Waals surface area contributed by atoms with Gasteiger partial charge in [-0.1, -0.05) is 0 Å². The number of rotatable bonds is 3. The van der Waals surface area contributed by atoms with Crippen LogP contribution in [0.3, 0.4) is 0 Å². The first-order chi connectivity index (χ1) is 10.1. The molecule has 0 radical (unpaired) electrons. The average Bonchev–Trinajstić information content (AvgIpc) is 3.01. The number of carbonyl (C=O) groups excluding carboxylic acids is 2. The van der Waals surface area contributed by atoms with E-state index < -0.39 is 0 Å². The zero-order chi connectivity index (χ0) is 14.8. The quantitative estimate of drug-likeness (QED) is 0.915. The predicted molar refractivity (Wildman–Crippen MR) is 83.6 cm³/mol. The van der Waals surface area contributed by atoms with Crippen molar-refractivity contribution in [3.63, 3.8) is 0 Å². The van der Waals surface area contributed by atoms with Crippen LogP contribution in [0.2, 0.25) is 0 Å². The number of amides is 2. The molecule has 4 nitrogen and oxygen atoms in total. The summed E-state index contributed by atoms with van der Waals surface area (Å²) in [6.45, 7) is 1.97. The minimum absolute atomic E-state index is 0.0144. The van der Waals surface area contributed by atoms with Crippen molar-refractivity contribution in [3.8, 4) is 0 Å². The highest BCUT2D eigenvalue weighted by atomic mass is 32.1. The van der Waals surface area contributed by atoms with Crippen molar-refractivity contribution < 1.29 is 9.59 Å². The molecule has 0 saturated carbocycles. The first-order valence-corrected chi connectivity index (χ1v) is 7.83. The molecular weight excluding hydrogens is 284 g/mol. The summed E-state index contributed by atoms with van der Waals surface area (Å²) in [4.78, 5) is 23.6. The number of hydrogen-bond donors (Lipinski definition) is 2. The molecule has 5 heteroatoms. The van der Waals surface area contributed by atoms with Crippen molar-refractivity contribution in [2.45, 2.75) is 25.8 Å².